The van der Waals surface area contributed by atoms with Crippen LogP contribution < -0.4 is 0 Å². The molecule has 0 unspecified atom stereocenters. The van der Waals surface area contributed by atoms with E-state index in [0.717, 1.165) is 5.92 Å². The average Bonchev–Trinajstić information content (AvgIpc) is 2.22. The summed E-state index contributed by atoms with van der Waals surface area (Å²) in [5.74, 6) is 1.01. The molecule has 0 nitrogen and oxygen atoms in total. The van der Waals surface area contributed by atoms with Gasteiger partial charge in [0.25, 0.3) is 0 Å². The molecule has 0 aliphatic heterocycles. The molecule has 0 aromatic carbocycles. The lowest BCUT2D eigenvalue weighted by atomic mass is 10.00. The summed E-state index contributed by atoms with van der Waals surface area (Å²) in [6.45, 7) is 0. The van der Waals surface area contributed by atoms with Gasteiger partial charge in [-0.3, -0.25) is 0 Å². The van der Waals surface area contributed by atoms with Crippen molar-refractivity contribution >= 4 is 0 Å². The van der Waals surface area contributed by atoms with Gasteiger partial charge in [0.1, 0.15) is 0 Å². The Kier molecular flexibility index (Phi) is 0.592. The monoisotopic (exact) mass is 94.1 g/mol. The average molecular weight is 94.2 g/mol. The van der Waals surface area contributed by atoms with Crippen LogP contribution in [0.2, 0.25) is 0 Å². The summed E-state index contributed by atoms with van der Waals surface area (Å²) < 4.78 is 0. The molecule has 0 heteroatoms. The van der Waals surface area contributed by atoms with E-state index in [9.17, 15) is 0 Å². The van der Waals surface area contributed by atoms with Crippen LogP contribution in [-0.2, 0) is 0 Å². The number of hydrogen-bond acceptors (Lipinski definition) is 0. The van der Waals surface area contributed by atoms with Gasteiger partial charge in [-0.1, -0.05) is 11.6 Å². The van der Waals surface area contributed by atoms with E-state index in [2.05, 4.69) is 6.08 Å². The van der Waals surface area contributed by atoms with Crippen molar-refractivity contribution in [2.75, 3.05) is 0 Å². The largest absolute Gasteiger partial charge is 0.0822 e. The fourth-order valence-corrected chi connectivity index (χ4v) is 1.68. The molecule has 0 aromatic heterocycles. The van der Waals surface area contributed by atoms with Gasteiger partial charge in [0.15, 0.2) is 0 Å². The van der Waals surface area contributed by atoms with Crippen LogP contribution in [0.4, 0.5) is 0 Å². The highest BCUT2D eigenvalue weighted by Crippen LogP contribution is 2.37. The van der Waals surface area contributed by atoms with Crippen molar-refractivity contribution in [1.29, 1.82) is 0 Å². The van der Waals surface area contributed by atoms with Gasteiger partial charge in [0.05, 0.1) is 0 Å². The molecule has 0 heterocycles. The molecule has 2 rings (SSSR count). The van der Waals surface area contributed by atoms with E-state index >= 15 is 0 Å². The molecule has 0 atom stereocenters. The standard InChI is InChI=1S/C7H10/c1-2-7-4-3-6(1)5-7/h5-6H,1-4H2. The van der Waals surface area contributed by atoms with Gasteiger partial charge in [-0.2, -0.15) is 0 Å². The molecule has 2 aliphatic rings. The third kappa shape index (κ3) is 0.425. The van der Waals surface area contributed by atoms with E-state index in [1.54, 1.807) is 5.57 Å². The van der Waals surface area contributed by atoms with Crippen LogP contribution in [0, 0.1) is 5.92 Å². The Labute approximate surface area is 44.2 Å². The summed E-state index contributed by atoms with van der Waals surface area (Å²) in [5, 5.41) is 0. The van der Waals surface area contributed by atoms with Crippen molar-refractivity contribution < 1.29 is 0 Å². The van der Waals surface area contributed by atoms with Gasteiger partial charge in [-0.05, 0) is 31.6 Å². The molecule has 0 radical (unpaired) electrons. The highest BCUT2D eigenvalue weighted by atomic mass is 14.3. The van der Waals surface area contributed by atoms with Crippen LogP contribution >= 0.6 is 0 Å². The van der Waals surface area contributed by atoms with Crippen molar-refractivity contribution in [3.05, 3.63) is 11.6 Å². The molecule has 0 spiro atoms. The first-order valence-corrected chi connectivity index (χ1v) is 3.15. The topological polar surface area (TPSA) is 0 Å². The predicted molar refractivity (Wildman–Crippen MR) is 30.0 cm³/mol. The third-order valence-electron chi connectivity index (χ3n) is 2.14. The Morgan fingerprint density at radius 1 is 1.29 bits per heavy atom. The van der Waals surface area contributed by atoms with Gasteiger partial charge >= 0.3 is 0 Å². The summed E-state index contributed by atoms with van der Waals surface area (Å²) in [6, 6.07) is 0. The third-order valence-corrected chi connectivity index (χ3v) is 2.14. The van der Waals surface area contributed by atoms with E-state index in [1.165, 1.54) is 25.7 Å². The fraction of sp³-hybridized carbons (Fsp3) is 0.714. The Morgan fingerprint density at radius 3 is 2.14 bits per heavy atom. The van der Waals surface area contributed by atoms with Gasteiger partial charge in [0.2, 0.25) is 0 Å². The smallest absolute Gasteiger partial charge is 0.0225 e. The van der Waals surface area contributed by atoms with Crippen LogP contribution in [0.15, 0.2) is 11.6 Å². The van der Waals surface area contributed by atoms with Crippen molar-refractivity contribution in [1.82, 2.24) is 0 Å². The highest BCUT2D eigenvalue weighted by molar-refractivity contribution is 5.16. The van der Waals surface area contributed by atoms with Crippen molar-refractivity contribution in [2.45, 2.75) is 25.7 Å². The van der Waals surface area contributed by atoms with Crippen molar-refractivity contribution in [2.24, 2.45) is 5.92 Å². The number of allylic oxidation sites excluding steroid dienone is 2. The Bertz CT molecular complexity index is 101. The molecule has 2 aliphatic carbocycles. The highest BCUT2D eigenvalue weighted by Gasteiger charge is 2.21. The molecular formula is C7H10. The second-order valence-electron chi connectivity index (χ2n) is 2.66. The lowest BCUT2D eigenvalue weighted by Crippen LogP contribution is -1.91. The van der Waals surface area contributed by atoms with Gasteiger partial charge in [-0.15, -0.1) is 0 Å². The second-order valence-corrected chi connectivity index (χ2v) is 2.66. The Morgan fingerprint density at radius 2 is 2.00 bits per heavy atom. The molecule has 0 saturated carbocycles. The fourth-order valence-electron chi connectivity index (χ4n) is 1.68. The maximum atomic E-state index is 2.47. The van der Waals surface area contributed by atoms with Gasteiger partial charge in [0, 0.05) is 0 Å². The first kappa shape index (κ1) is 3.71. The molecule has 0 N–H and O–H groups in total. The molecule has 7 heavy (non-hydrogen) atoms. The maximum Gasteiger partial charge on any atom is -0.0225 e. The lowest BCUT2D eigenvalue weighted by molar-refractivity contribution is 0.551. The number of rotatable bonds is 0. The first-order valence-electron chi connectivity index (χ1n) is 3.15. The molecular weight excluding hydrogens is 84.1 g/mol. The maximum absolute atomic E-state index is 2.47. The Balaban J connectivity index is 2.27. The van der Waals surface area contributed by atoms with Crippen LogP contribution in [0.1, 0.15) is 25.7 Å². The van der Waals surface area contributed by atoms with E-state index < -0.39 is 0 Å². The van der Waals surface area contributed by atoms with Crippen LogP contribution in [-0.4, -0.2) is 0 Å². The second kappa shape index (κ2) is 1.12. The molecule has 0 saturated heterocycles. The molecule has 2 bridgehead atoms. The zero-order chi connectivity index (χ0) is 4.69. The molecule has 0 aromatic rings. The number of fused-ring (bicyclic) bond motifs is 1. The molecule has 0 fully saturated rings. The van der Waals surface area contributed by atoms with Gasteiger partial charge < -0.3 is 0 Å². The molecule has 0 amide bonds. The minimum atomic E-state index is 1.01. The zero-order valence-corrected chi connectivity index (χ0v) is 4.48. The summed E-state index contributed by atoms with van der Waals surface area (Å²) in [6.07, 6.45) is 8.25. The van der Waals surface area contributed by atoms with E-state index in [1.807, 2.05) is 0 Å². The number of hydrogen-bond donors (Lipinski definition) is 0. The lowest BCUT2D eigenvalue weighted by Gasteiger charge is -2.05. The van der Waals surface area contributed by atoms with Crippen molar-refractivity contribution in [3.63, 3.8) is 0 Å². The van der Waals surface area contributed by atoms with E-state index in [0.29, 0.717) is 0 Å². The quantitative estimate of drug-likeness (QED) is 0.403. The van der Waals surface area contributed by atoms with Crippen LogP contribution in [0.25, 0.3) is 0 Å². The molecule has 38 valence electrons. The summed E-state index contributed by atoms with van der Waals surface area (Å²) in [7, 11) is 0. The van der Waals surface area contributed by atoms with E-state index in [4.69, 9.17) is 0 Å². The normalized spacial score (nSPS) is 28.9. The summed E-state index contributed by atoms with van der Waals surface area (Å²) >= 11 is 0. The van der Waals surface area contributed by atoms with E-state index in [-0.39, 0.29) is 0 Å². The van der Waals surface area contributed by atoms with Crippen molar-refractivity contribution in [3.8, 4) is 0 Å². The first-order chi connectivity index (χ1) is 3.45. The minimum Gasteiger partial charge on any atom is -0.0822 e. The summed E-state index contributed by atoms with van der Waals surface area (Å²) in [5.41, 5.74) is 1.74. The van der Waals surface area contributed by atoms with Crippen LogP contribution in [0.3, 0.4) is 0 Å². The SMILES string of the molecule is C1=C2CCC1CC2. The Hall–Kier alpha value is -0.260. The predicted octanol–water partition coefficient (Wildman–Crippen LogP) is 2.12. The van der Waals surface area contributed by atoms with Crippen LogP contribution in [0.5, 0.6) is 0 Å². The zero-order valence-electron chi connectivity index (χ0n) is 4.48. The van der Waals surface area contributed by atoms with Gasteiger partial charge in [-0.25, -0.2) is 0 Å². The summed E-state index contributed by atoms with van der Waals surface area (Å²) in [4.78, 5) is 0. The minimum absolute atomic E-state index is 1.01.